The maximum Gasteiger partial charge on any atom is 0.414 e. The van der Waals surface area contributed by atoms with Crippen LogP contribution < -0.4 is 0 Å². The Morgan fingerprint density at radius 3 is 2.25 bits per heavy atom. The van der Waals surface area contributed by atoms with E-state index in [0.29, 0.717) is 0 Å². The number of hydrogen-bond donors (Lipinski definition) is 2. The third-order valence-corrected chi connectivity index (χ3v) is 6.27. The van der Waals surface area contributed by atoms with Crippen LogP contribution in [0.4, 0.5) is 4.79 Å². The van der Waals surface area contributed by atoms with Gasteiger partial charge in [-0.15, -0.1) is 0 Å². The molecule has 24 heavy (non-hydrogen) atoms. The second kappa shape index (κ2) is 5.02. The molecule has 0 radical (unpaired) electrons. The Labute approximate surface area is 137 Å². The number of aliphatic carboxylic acids is 1. The van der Waals surface area contributed by atoms with Crippen molar-refractivity contribution in [1.82, 2.24) is 9.21 Å². The normalized spacial score (nSPS) is 29.0. The first-order valence-corrected chi connectivity index (χ1v) is 8.44. The molecule has 1 aromatic rings. The van der Waals surface area contributed by atoms with Crippen LogP contribution in [0, 0.1) is 6.92 Å². The van der Waals surface area contributed by atoms with Gasteiger partial charge in [-0.3, -0.25) is 4.79 Å². The van der Waals surface area contributed by atoms with Crippen LogP contribution in [0.3, 0.4) is 0 Å². The molecular formula is C14H14N2O7S. The maximum atomic E-state index is 12.6. The average molecular weight is 354 g/mol. The summed E-state index contributed by atoms with van der Waals surface area (Å²) < 4.78 is 26.1. The molecule has 2 aliphatic heterocycles. The molecule has 1 spiro atoms. The molecule has 2 saturated heterocycles. The lowest BCUT2D eigenvalue weighted by molar-refractivity contribution is -0.145. The molecule has 3 rings (SSSR count). The zero-order valence-corrected chi connectivity index (χ0v) is 13.4. The Kier molecular flexibility index (Phi) is 3.43. The molecule has 2 amide bonds. The molecule has 128 valence electrons. The summed E-state index contributed by atoms with van der Waals surface area (Å²) in [6, 6.07) is 4.39. The Balaban J connectivity index is 1.95. The Hall–Kier alpha value is -2.46. The number of sulfonamides is 1. The quantitative estimate of drug-likeness (QED) is 0.736. The van der Waals surface area contributed by atoms with Crippen LogP contribution in [0.15, 0.2) is 29.2 Å². The average Bonchev–Trinajstić information content (AvgIpc) is 3.15. The van der Waals surface area contributed by atoms with E-state index >= 15 is 0 Å². The number of benzene rings is 1. The Bertz CT molecular complexity index is 848. The lowest BCUT2D eigenvalue weighted by Crippen LogP contribution is -2.43. The summed E-state index contributed by atoms with van der Waals surface area (Å²) in [5.41, 5.74) is -0.764. The van der Waals surface area contributed by atoms with Crippen LogP contribution in [0.25, 0.3) is 0 Å². The van der Waals surface area contributed by atoms with E-state index in [9.17, 15) is 22.8 Å². The predicted octanol–water partition coefficient (Wildman–Crippen LogP) is 0.102. The fourth-order valence-electron chi connectivity index (χ4n) is 2.98. The lowest BCUT2D eigenvalue weighted by Gasteiger charge is -2.14. The first-order chi connectivity index (χ1) is 11.1. The number of aryl methyl sites for hydroxylation is 1. The molecule has 0 aliphatic carbocycles. The molecule has 2 heterocycles. The van der Waals surface area contributed by atoms with E-state index in [1.165, 1.54) is 12.1 Å². The van der Waals surface area contributed by atoms with Crippen LogP contribution in [-0.2, 0) is 19.6 Å². The summed E-state index contributed by atoms with van der Waals surface area (Å²) in [5, 5.41) is 18.2. The van der Waals surface area contributed by atoms with Crippen molar-refractivity contribution in [2.24, 2.45) is 0 Å². The number of nitrogens with zero attached hydrogens (tertiary/aromatic N) is 2. The Morgan fingerprint density at radius 2 is 1.79 bits per heavy atom. The number of carbonyl (C=O) groups is 3. The highest BCUT2D eigenvalue weighted by Crippen LogP contribution is 2.48. The van der Waals surface area contributed by atoms with Gasteiger partial charge in [0.2, 0.25) is 10.0 Å². The fraction of sp³-hybridized carbons (Fsp3) is 0.357. The first kappa shape index (κ1) is 16.4. The van der Waals surface area contributed by atoms with Gasteiger partial charge in [0.25, 0.3) is 5.91 Å². The number of hydrogen-bond acceptors (Lipinski definition) is 5. The van der Waals surface area contributed by atoms with E-state index in [0.717, 1.165) is 9.87 Å². The van der Waals surface area contributed by atoms with E-state index < -0.39 is 46.0 Å². The van der Waals surface area contributed by atoms with E-state index in [1.54, 1.807) is 19.1 Å². The fourth-order valence-corrected chi connectivity index (χ4v) is 4.71. The van der Waals surface area contributed by atoms with Gasteiger partial charge in [0.15, 0.2) is 0 Å². The number of carbonyl (C=O) groups excluding carboxylic acids is 1. The molecule has 10 heteroatoms. The topological polar surface area (TPSA) is 132 Å². The highest BCUT2D eigenvalue weighted by atomic mass is 32.2. The molecule has 0 aromatic heterocycles. The molecule has 2 fully saturated rings. The highest BCUT2D eigenvalue weighted by molar-refractivity contribution is 7.89. The largest absolute Gasteiger partial charge is 0.480 e. The number of imide groups is 1. The molecule has 1 aromatic carbocycles. The van der Waals surface area contributed by atoms with Crippen molar-refractivity contribution in [3.8, 4) is 0 Å². The summed E-state index contributed by atoms with van der Waals surface area (Å²) >= 11 is 0. The number of carboxylic acids is 1. The minimum Gasteiger partial charge on any atom is -0.480 e. The summed E-state index contributed by atoms with van der Waals surface area (Å²) in [7, 11) is -4.01. The van der Waals surface area contributed by atoms with Crippen molar-refractivity contribution < 1.29 is 33.0 Å². The summed E-state index contributed by atoms with van der Waals surface area (Å²) in [4.78, 5) is 34.9. The van der Waals surface area contributed by atoms with Gasteiger partial charge in [0, 0.05) is 13.0 Å². The van der Waals surface area contributed by atoms with Gasteiger partial charge in [-0.2, -0.15) is 4.31 Å². The summed E-state index contributed by atoms with van der Waals surface area (Å²) in [6.07, 6.45) is -2.10. The van der Waals surface area contributed by atoms with E-state index in [4.69, 9.17) is 10.2 Å². The SMILES string of the molecule is Cc1ccc(S(=O)(=O)N2C[C@@]23C[C@H](C(=O)O)N(C(=O)O)C3=O)cc1. The molecule has 0 bridgehead atoms. The van der Waals surface area contributed by atoms with Gasteiger partial charge >= 0.3 is 12.1 Å². The molecule has 2 N–H and O–H groups in total. The van der Waals surface area contributed by atoms with E-state index in [-0.39, 0.29) is 16.3 Å². The third-order valence-electron chi connectivity index (χ3n) is 4.34. The van der Waals surface area contributed by atoms with Crippen molar-refractivity contribution in [1.29, 1.82) is 0 Å². The smallest absolute Gasteiger partial charge is 0.414 e. The predicted molar refractivity (Wildman–Crippen MR) is 78.7 cm³/mol. The van der Waals surface area contributed by atoms with Crippen LogP contribution in [0.5, 0.6) is 0 Å². The van der Waals surface area contributed by atoms with Crippen molar-refractivity contribution in [3.63, 3.8) is 0 Å². The molecule has 1 unspecified atom stereocenters. The van der Waals surface area contributed by atoms with Gasteiger partial charge in [0.05, 0.1) is 4.90 Å². The number of amides is 2. The van der Waals surface area contributed by atoms with Crippen molar-refractivity contribution in [3.05, 3.63) is 29.8 Å². The van der Waals surface area contributed by atoms with Crippen molar-refractivity contribution in [2.45, 2.75) is 29.8 Å². The standard InChI is InChI=1S/C14H14N2O7S/c1-8-2-4-9(5-3-8)24(22,23)15-7-14(15)6-10(11(17)18)16(12(14)19)13(20)21/h2-5,10H,6-7H2,1H3,(H,17,18)(H,20,21)/t10-,14-,15?/m1/s1. The number of rotatable bonds is 3. The lowest BCUT2D eigenvalue weighted by atomic mass is 10.1. The Morgan fingerprint density at radius 1 is 1.21 bits per heavy atom. The third kappa shape index (κ3) is 2.18. The summed E-state index contributed by atoms with van der Waals surface area (Å²) in [5.74, 6) is -2.50. The zero-order chi connectivity index (χ0) is 17.9. The van der Waals surface area contributed by atoms with E-state index in [1.807, 2.05) is 0 Å². The monoisotopic (exact) mass is 354 g/mol. The summed E-state index contributed by atoms with van der Waals surface area (Å²) in [6.45, 7) is 1.56. The number of carboxylic acid groups (broad SMARTS) is 2. The van der Waals surface area contributed by atoms with Crippen LogP contribution in [-0.4, -0.2) is 63.9 Å². The molecule has 0 saturated carbocycles. The van der Waals surface area contributed by atoms with Crippen LogP contribution in [0.2, 0.25) is 0 Å². The van der Waals surface area contributed by atoms with Crippen LogP contribution >= 0.6 is 0 Å². The van der Waals surface area contributed by atoms with Gasteiger partial charge in [0.1, 0.15) is 11.6 Å². The molecule has 2 aliphatic rings. The van der Waals surface area contributed by atoms with E-state index in [2.05, 4.69) is 0 Å². The highest BCUT2D eigenvalue weighted by Gasteiger charge is 2.72. The molecule has 3 atom stereocenters. The molecule has 9 nitrogen and oxygen atoms in total. The first-order valence-electron chi connectivity index (χ1n) is 7.00. The number of likely N-dealkylation sites (tertiary alicyclic amines) is 1. The van der Waals surface area contributed by atoms with Crippen molar-refractivity contribution >= 4 is 28.0 Å². The second-order valence-electron chi connectivity index (χ2n) is 5.87. The minimum atomic E-state index is -4.01. The van der Waals surface area contributed by atoms with Gasteiger partial charge in [-0.1, -0.05) is 17.7 Å². The van der Waals surface area contributed by atoms with Gasteiger partial charge in [-0.05, 0) is 19.1 Å². The zero-order valence-electron chi connectivity index (χ0n) is 12.5. The van der Waals surface area contributed by atoms with Crippen molar-refractivity contribution in [2.75, 3.05) is 6.54 Å². The van der Waals surface area contributed by atoms with Crippen LogP contribution in [0.1, 0.15) is 12.0 Å². The van der Waals surface area contributed by atoms with Gasteiger partial charge in [-0.25, -0.2) is 22.9 Å². The minimum absolute atomic E-state index is 0.0292. The maximum absolute atomic E-state index is 12.6. The molecular weight excluding hydrogens is 340 g/mol. The van der Waals surface area contributed by atoms with Gasteiger partial charge < -0.3 is 10.2 Å². The second-order valence-corrected chi connectivity index (χ2v) is 7.73.